The van der Waals surface area contributed by atoms with Crippen LogP contribution in [0.5, 0.6) is 0 Å². The topological polar surface area (TPSA) is 72.3 Å². The van der Waals surface area contributed by atoms with Crippen LogP contribution in [0.1, 0.15) is 22.7 Å². The second kappa shape index (κ2) is 8.25. The largest absolute Gasteiger partial charge is 0.323 e. The maximum absolute atomic E-state index is 13.2. The molecule has 6 nitrogen and oxygen atoms in total. The zero-order valence-electron chi connectivity index (χ0n) is 14.5. The zero-order valence-corrected chi connectivity index (χ0v) is 15.4. The number of carbonyl (C=O) groups is 1. The summed E-state index contributed by atoms with van der Waals surface area (Å²) in [5.74, 6) is -0.498. The predicted octanol–water partition coefficient (Wildman–Crippen LogP) is 3.20. The number of rotatable bonds is 3. The van der Waals surface area contributed by atoms with E-state index in [1.54, 1.807) is 16.2 Å². The average molecular weight is 373 g/mol. The van der Waals surface area contributed by atoms with Crippen molar-refractivity contribution in [1.82, 2.24) is 14.8 Å². The fraction of sp³-hybridized carbons (Fsp3) is 0.389. The SMILES string of the molecule is Cc1nc(CN2CCCN(C(=O)Nc3ccc(F)cc3C#N)CC2)cs1. The van der Waals surface area contributed by atoms with Crippen molar-refractivity contribution >= 4 is 23.1 Å². The Morgan fingerprint density at radius 1 is 1.38 bits per heavy atom. The molecule has 26 heavy (non-hydrogen) atoms. The van der Waals surface area contributed by atoms with Gasteiger partial charge in [0.25, 0.3) is 0 Å². The van der Waals surface area contributed by atoms with E-state index in [1.165, 1.54) is 12.1 Å². The molecule has 1 aromatic carbocycles. The Balaban J connectivity index is 1.58. The zero-order chi connectivity index (χ0) is 18.5. The van der Waals surface area contributed by atoms with Gasteiger partial charge in [-0.1, -0.05) is 0 Å². The second-order valence-electron chi connectivity index (χ2n) is 6.21. The first-order valence-electron chi connectivity index (χ1n) is 8.44. The van der Waals surface area contributed by atoms with Crippen LogP contribution in [0.15, 0.2) is 23.6 Å². The van der Waals surface area contributed by atoms with Gasteiger partial charge in [0.15, 0.2) is 0 Å². The Morgan fingerprint density at radius 3 is 2.96 bits per heavy atom. The molecule has 1 aliphatic heterocycles. The van der Waals surface area contributed by atoms with Gasteiger partial charge in [0.1, 0.15) is 11.9 Å². The van der Waals surface area contributed by atoms with Crippen molar-refractivity contribution < 1.29 is 9.18 Å². The lowest BCUT2D eigenvalue weighted by Gasteiger charge is -2.22. The lowest BCUT2D eigenvalue weighted by Crippen LogP contribution is -2.38. The molecule has 0 atom stereocenters. The number of nitriles is 1. The van der Waals surface area contributed by atoms with Gasteiger partial charge in [-0.15, -0.1) is 11.3 Å². The molecular formula is C18H20FN5OS. The number of benzene rings is 1. The Morgan fingerprint density at radius 2 is 2.23 bits per heavy atom. The van der Waals surface area contributed by atoms with Crippen LogP contribution in [0.25, 0.3) is 0 Å². The van der Waals surface area contributed by atoms with Crippen LogP contribution in [0.4, 0.5) is 14.9 Å². The van der Waals surface area contributed by atoms with E-state index >= 15 is 0 Å². The average Bonchev–Trinajstić information content (AvgIpc) is 2.89. The molecule has 2 aromatic rings. The number of thiazole rings is 1. The lowest BCUT2D eigenvalue weighted by atomic mass is 10.2. The number of nitrogens with one attached hydrogen (secondary N) is 1. The van der Waals surface area contributed by atoms with E-state index in [4.69, 9.17) is 5.26 Å². The molecule has 0 bridgehead atoms. The van der Waals surface area contributed by atoms with Crippen LogP contribution in [0, 0.1) is 24.1 Å². The standard InChI is InChI=1S/C18H20FN5OS/c1-13-21-16(12-26-13)11-23-5-2-6-24(8-7-23)18(25)22-17-4-3-15(19)9-14(17)10-20/h3-4,9,12H,2,5-8,11H2,1H3,(H,22,25). The fourth-order valence-electron chi connectivity index (χ4n) is 2.95. The van der Waals surface area contributed by atoms with Gasteiger partial charge in [0.2, 0.25) is 0 Å². The molecule has 0 spiro atoms. The Hall–Kier alpha value is -2.50. The van der Waals surface area contributed by atoms with E-state index < -0.39 is 5.82 Å². The molecule has 2 heterocycles. The van der Waals surface area contributed by atoms with Gasteiger partial charge in [0, 0.05) is 38.1 Å². The summed E-state index contributed by atoms with van der Waals surface area (Å²) in [4.78, 5) is 21.0. The Kier molecular flexibility index (Phi) is 5.81. The van der Waals surface area contributed by atoms with Crippen LogP contribution in [0.2, 0.25) is 0 Å². The van der Waals surface area contributed by atoms with Gasteiger partial charge >= 0.3 is 6.03 Å². The minimum Gasteiger partial charge on any atom is -0.323 e. The molecular weight excluding hydrogens is 353 g/mol. The molecule has 1 aliphatic rings. The summed E-state index contributed by atoms with van der Waals surface area (Å²) in [7, 11) is 0. The molecule has 0 radical (unpaired) electrons. The summed E-state index contributed by atoms with van der Waals surface area (Å²) in [5, 5.41) is 14.9. The highest BCUT2D eigenvalue weighted by atomic mass is 32.1. The van der Waals surface area contributed by atoms with Crippen LogP contribution in [0.3, 0.4) is 0 Å². The number of halogens is 1. The van der Waals surface area contributed by atoms with Crippen molar-refractivity contribution in [2.24, 2.45) is 0 Å². The van der Waals surface area contributed by atoms with E-state index in [0.717, 1.165) is 42.8 Å². The molecule has 0 aliphatic carbocycles. The van der Waals surface area contributed by atoms with Crippen LogP contribution < -0.4 is 5.32 Å². The van der Waals surface area contributed by atoms with E-state index in [1.807, 2.05) is 13.0 Å². The van der Waals surface area contributed by atoms with Crippen molar-refractivity contribution in [1.29, 1.82) is 5.26 Å². The lowest BCUT2D eigenvalue weighted by molar-refractivity contribution is 0.211. The summed E-state index contributed by atoms with van der Waals surface area (Å²) in [6.07, 6.45) is 0.866. The smallest absolute Gasteiger partial charge is 0.321 e. The van der Waals surface area contributed by atoms with Crippen molar-refractivity contribution in [3.8, 4) is 6.07 Å². The third-order valence-corrected chi connectivity index (χ3v) is 5.09. The van der Waals surface area contributed by atoms with Gasteiger partial charge in [-0.25, -0.2) is 14.2 Å². The monoisotopic (exact) mass is 373 g/mol. The Bertz CT molecular complexity index is 831. The maximum atomic E-state index is 13.2. The number of anilines is 1. The van der Waals surface area contributed by atoms with E-state index in [0.29, 0.717) is 18.8 Å². The number of urea groups is 1. The molecule has 0 unspecified atom stereocenters. The van der Waals surface area contributed by atoms with Crippen LogP contribution >= 0.6 is 11.3 Å². The first-order valence-corrected chi connectivity index (χ1v) is 9.32. The molecule has 1 saturated heterocycles. The highest BCUT2D eigenvalue weighted by Crippen LogP contribution is 2.17. The quantitative estimate of drug-likeness (QED) is 0.897. The molecule has 1 fully saturated rings. The Labute approximate surface area is 155 Å². The van der Waals surface area contributed by atoms with Crippen LogP contribution in [-0.2, 0) is 6.54 Å². The maximum Gasteiger partial charge on any atom is 0.321 e. The minimum absolute atomic E-state index is 0.119. The number of hydrogen-bond donors (Lipinski definition) is 1. The molecule has 2 amide bonds. The normalized spacial score (nSPS) is 15.3. The number of hydrogen-bond acceptors (Lipinski definition) is 5. The van der Waals surface area contributed by atoms with Crippen molar-refractivity contribution in [2.75, 3.05) is 31.5 Å². The number of aromatic nitrogens is 1. The van der Waals surface area contributed by atoms with Gasteiger partial charge in [-0.3, -0.25) is 4.90 Å². The number of amides is 2. The molecule has 136 valence electrons. The van der Waals surface area contributed by atoms with Gasteiger partial charge < -0.3 is 10.2 Å². The van der Waals surface area contributed by atoms with Gasteiger partial charge in [0.05, 0.1) is 22.0 Å². The van der Waals surface area contributed by atoms with Gasteiger partial charge in [-0.2, -0.15) is 5.26 Å². The molecule has 3 rings (SSSR count). The molecule has 1 aromatic heterocycles. The number of aryl methyl sites for hydroxylation is 1. The summed E-state index contributed by atoms with van der Waals surface area (Å²) in [5.41, 5.74) is 1.52. The van der Waals surface area contributed by atoms with E-state index in [-0.39, 0.29) is 11.6 Å². The predicted molar refractivity (Wildman–Crippen MR) is 98.5 cm³/mol. The summed E-state index contributed by atoms with van der Waals surface area (Å²) >= 11 is 1.64. The van der Waals surface area contributed by atoms with E-state index in [2.05, 4.69) is 20.6 Å². The molecule has 1 N–H and O–H groups in total. The third kappa shape index (κ3) is 4.56. The summed E-state index contributed by atoms with van der Waals surface area (Å²) in [6.45, 7) is 5.68. The first kappa shape index (κ1) is 18.3. The molecule has 0 saturated carbocycles. The fourth-order valence-corrected chi connectivity index (χ4v) is 3.56. The second-order valence-corrected chi connectivity index (χ2v) is 7.27. The summed E-state index contributed by atoms with van der Waals surface area (Å²) < 4.78 is 13.2. The number of nitrogens with zero attached hydrogens (tertiary/aromatic N) is 4. The third-order valence-electron chi connectivity index (χ3n) is 4.27. The van der Waals surface area contributed by atoms with Crippen molar-refractivity contribution in [2.45, 2.75) is 19.9 Å². The summed E-state index contributed by atoms with van der Waals surface area (Å²) in [6, 6.07) is 5.41. The van der Waals surface area contributed by atoms with Gasteiger partial charge in [-0.05, 0) is 31.5 Å². The van der Waals surface area contributed by atoms with Crippen LogP contribution in [-0.4, -0.2) is 47.0 Å². The van der Waals surface area contributed by atoms with Crippen molar-refractivity contribution in [3.63, 3.8) is 0 Å². The number of carbonyl (C=O) groups excluding carboxylic acids is 1. The highest BCUT2D eigenvalue weighted by molar-refractivity contribution is 7.09. The first-order chi connectivity index (χ1) is 12.5. The minimum atomic E-state index is -0.498. The van der Waals surface area contributed by atoms with E-state index in [9.17, 15) is 9.18 Å². The van der Waals surface area contributed by atoms with Crippen molar-refractivity contribution in [3.05, 3.63) is 45.7 Å². The highest BCUT2D eigenvalue weighted by Gasteiger charge is 2.20. The molecule has 8 heteroatoms.